The Bertz CT molecular complexity index is 788. The summed E-state index contributed by atoms with van der Waals surface area (Å²) >= 11 is 1.69. The number of hydrogen-bond donors (Lipinski definition) is 2. The number of nitrogens with zero attached hydrogens (tertiary/aromatic N) is 2. The van der Waals surface area contributed by atoms with Crippen LogP contribution in [0.1, 0.15) is 23.4 Å². The molecule has 0 saturated heterocycles. The number of rotatable bonds is 6. The van der Waals surface area contributed by atoms with E-state index in [4.69, 9.17) is 4.42 Å². The lowest BCUT2D eigenvalue weighted by Gasteiger charge is -2.10. The first-order valence-electron chi connectivity index (χ1n) is 8.15. The minimum absolute atomic E-state index is 0.514. The molecule has 0 aliphatic rings. The maximum atomic E-state index is 5.80. The number of furan rings is 1. The molecule has 1 aromatic carbocycles. The predicted molar refractivity (Wildman–Crippen MR) is 99.6 cm³/mol. The van der Waals surface area contributed by atoms with Crippen LogP contribution in [0, 0.1) is 6.92 Å². The summed E-state index contributed by atoms with van der Waals surface area (Å²) in [6, 6.07) is 10.1. The van der Waals surface area contributed by atoms with E-state index in [0.717, 1.165) is 52.9 Å². The fourth-order valence-corrected chi connectivity index (χ4v) is 3.09. The van der Waals surface area contributed by atoms with Crippen molar-refractivity contribution in [3.63, 3.8) is 0 Å². The summed E-state index contributed by atoms with van der Waals surface area (Å²) in [5.41, 5.74) is 2.03. The van der Waals surface area contributed by atoms with Crippen LogP contribution in [0.2, 0.25) is 0 Å². The monoisotopic (exact) mass is 342 g/mol. The summed E-state index contributed by atoms with van der Waals surface area (Å²) in [6.07, 6.45) is 0.888. The van der Waals surface area contributed by atoms with Gasteiger partial charge in [0.1, 0.15) is 17.9 Å². The molecule has 3 rings (SSSR count). The third kappa shape index (κ3) is 4.35. The molecule has 3 aromatic rings. The van der Waals surface area contributed by atoms with Gasteiger partial charge in [-0.2, -0.15) is 0 Å². The van der Waals surface area contributed by atoms with E-state index in [-0.39, 0.29) is 0 Å². The Morgan fingerprint density at radius 3 is 2.92 bits per heavy atom. The zero-order valence-corrected chi connectivity index (χ0v) is 14.8. The van der Waals surface area contributed by atoms with Gasteiger partial charge in [0.2, 0.25) is 0 Å². The van der Waals surface area contributed by atoms with Crippen molar-refractivity contribution < 1.29 is 4.42 Å². The lowest BCUT2D eigenvalue weighted by molar-refractivity contribution is 0.551. The molecule has 24 heavy (non-hydrogen) atoms. The van der Waals surface area contributed by atoms with Gasteiger partial charge in [0.15, 0.2) is 5.96 Å². The fraction of sp³-hybridized carbons (Fsp3) is 0.333. The number of aryl methyl sites for hydroxylation is 1. The molecular formula is C18H22N4OS. The first-order chi connectivity index (χ1) is 11.7. The van der Waals surface area contributed by atoms with Crippen molar-refractivity contribution >= 4 is 28.3 Å². The fourth-order valence-electron chi connectivity index (χ4n) is 2.45. The SMILES string of the molecule is CCNC(=NCc1cc2ccccc2o1)NCCc1csc(C)n1. The summed E-state index contributed by atoms with van der Waals surface area (Å²) in [5, 5.41) is 10.9. The molecule has 2 N–H and O–H groups in total. The molecule has 0 saturated carbocycles. The number of guanidine groups is 1. The molecule has 0 atom stereocenters. The average Bonchev–Trinajstić information content (AvgIpc) is 3.18. The van der Waals surface area contributed by atoms with E-state index in [0.29, 0.717) is 6.54 Å². The Morgan fingerprint density at radius 1 is 1.29 bits per heavy atom. The largest absolute Gasteiger partial charge is 0.459 e. The highest BCUT2D eigenvalue weighted by Gasteiger charge is 2.04. The molecule has 0 aliphatic heterocycles. The van der Waals surface area contributed by atoms with Gasteiger partial charge in [0, 0.05) is 30.3 Å². The van der Waals surface area contributed by atoms with E-state index in [1.165, 1.54) is 0 Å². The van der Waals surface area contributed by atoms with Crippen molar-refractivity contribution in [2.24, 2.45) is 4.99 Å². The second kappa shape index (κ2) is 7.97. The molecular weight excluding hydrogens is 320 g/mol. The summed E-state index contributed by atoms with van der Waals surface area (Å²) < 4.78 is 5.80. The zero-order chi connectivity index (χ0) is 16.8. The first kappa shape index (κ1) is 16.5. The Morgan fingerprint density at radius 2 is 2.17 bits per heavy atom. The van der Waals surface area contributed by atoms with E-state index >= 15 is 0 Å². The molecule has 5 nitrogen and oxygen atoms in total. The standard InChI is InChI=1S/C18H22N4OS/c1-3-19-18(20-9-8-15-12-24-13(2)22-15)21-11-16-10-14-6-4-5-7-17(14)23-16/h4-7,10,12H,3,8-9,11H2,1-2H3,(H2,19,20,21). The number of nitrogens with one attached hydrogen (secondary N) is 2. The topological polar surface area (TPSA) is 62.5 Å². The number of hydrogen-bond acceptors (Lipinski definition) is 4. The van der Waals surface area contributed by atoms with Crippen molar-refractivity contribution in [3.8, 4) is 0 Å². The number of fused-ring (bicyclic) bond motifs is 1. The van der Waals surface area contributed by atoms with Crippen LogP contribution in [0.5, 0.6) is 0 Å². The molecule has 2 heterocycles. The van der Waals surface area contributed by atoms with E-state index in [2.05, 4.69) is 32.9 Å². The molecule has 0 fully saturated rings. The number of benzene rings is 1. The van der Waals surface area contributed by atoms with Gasteiger partial charge < -0.3 is 15.1 Å². The number of aliphatic imine (C=N–C) groups is 1. The lowest BCUT2D eigenvalue weighted by Crippen LogP contribution is -2.38. The normalized spacial score (nSPS) is 11.8. The van der Waals surface area contributed by atoms with Crippen molar-refractivity contribution in [1.82, 2.24) is 15.6 Å². The van der Waals surface area contributed by atoms with Crippen molar-refractivity contribution in [2.75, 3.05) is 13.1 Å². The smallest absolute Gasteiger partial charge is 0.191 e. The molecule has 0 spiro atoms. The third-order valence-corrected chi connectivity index (χ3v) is 4.38. The van der Waals surface area contributed by atoms with Gasteiger partial charge in [-0.1, -0.05) is 18.2 Å². The summed E-state index contributed by atoms with van der Waals surface area (Å²) in [5.74, 6) is 1.66. The van der Waals surface area contributed by atoms with E-state index in [9.17, 15) is 0 Å². The molecule has 0 unspecified atom stereocenters. The summed E-state index contributed by atoms with van der Waals surface area (Å²) in [6.45, 7) is 6.22. The van der Waals surface area contributed by atoms with Crippen LogP contribution in [0.3, 0.4) is 0 Å². The van der Waals surface area contributed by atoms with Gasteiger partial charge >= 0.3 is 0 Å². The summed E-state index contributed by atoms with van der Waals surface area (Å²) in [4.78, 5) is 9.07. The van der Waals surface area contributed by atoms with Gasteiger partial charge in [-0.25, -0.2) is 9.98 Å². The van der Waals surface area contributed by atoms with Crippen LogP contribution >= 0.6 is 11.3 Å². The Kier molecular flexibility index (Phi) is 5.48. The van der Waals surface area contributed by atoms with Crippen LogP contribution < -0.4 is 10.6 Å². The maximum absolute atomic E-state index is 5.80. The van der Waals surface area contributed by atoms with Crippen LogP contribution in [0.25, 0.3) is 11.0 Å². The van der Waals surface area contributed by atoms with Crippen LogP contribution in [0.4, 0.5) is 0 Å². The lowest BCUT2D eigenvalue weighted by atomic mass is 10.2. The van der Waals surface area contributed by atoms with Gasteiger partial charge in [-0.3, -0.25) is 0 Å². The molecule has 126 valence electrons. The van der Waals surface area contributed by atoms with Crippen LogP contribution in [-0.4, -0.2) is 24.0 Å². The van der Waals surface area contributed by atoms with E-state index < -0.39 is 0 Å². The quantitative estimate of drug-likeness (QED) is 0.532. The molecule has 2 aromatic heterocycles. The number of para-hydroxylation sites is 1. The molecule has 0 radical (unpaired) electrons. The van der Waals surface area contributed by atoms with Gasteiger partial charge in [0.05, 0.1) is 10.7 Å². The highest BCUT2D eigenvalue weighted by molar-refractivity contribution is 7.09. The Labute approximate surface area is 145 Å². The highest BCUT2D eigenvalue weighted by atomic mass is 32.1. The third-order valence-electron chi connectivity index (χ3n) is 3.55. The zero-order valence-electron chi connectivity index (χ0n) is 14.0. The van der Waals surface area contributed by atoms with Crippen molar-refractivity contribution in [1.29, 1.82) is 0 Å². The first-order valence-corrected chi connectivity index (χ1v) is 9.03. The van der Waals surface area contributed by atoms with E-state index in [1.54, 1.807) is 11.3 Å². The molecule has 0 aliphatic carbocycles. The van der Waals surface area contributed by atoms with Gasteiger partial charge in [-0.05, 0) is 26.0 Å². The second-order valence-electron chi connectivity index (χ2n) is 5.48. The van der Waals surface area contributed by atoms with Crippen molar-refractivity contribution in [3.05, 3.63) is 52.2 Å². The van der Waals surface area contributed by atoms with Crippen molar-refractivity contribution in [2.45, 2.75) is 26.8 Å². The molecule has 0 bridgehead atoms. The minimum atomic E-state index is 0.514. The second-order valence-corrected chi connectivity index (χ2v) is 6.54. The molecule has 6 heteroatoms. The van der Waals surface area contributed by atoms with Gasteiger partial charge in [0.25, 0.3) is 0 Å². The highest BCUT2D eigenvalue weighted by Crippen LogP contribution is 2.19. The predicted octanol–water partition coefficient (Wildman–Crippen LogP) is 3.50. The summed E-state index contributed by atoms with van der Waals surface area (Å²) in [7, 11) is 0. The average molecular weight is 342 g/mol. The Hall–Kier alpha value is -2.34. The number of thiazole rings is 1. The van der Waals surface area contributed by atoms with E-state index in [1.807, 2.05) is 37.3 Å². The Balaban J connectivity index is 1.58. The van der Waals surface area contributed by atoms with Crippen LogP contribution in [0.15, 0.2) is 45.1 Å². The van der Waals surface area contributed by atoms with Gasteiger partial charge in [-0.15, -0.1) is 11.3 Å². The minimum Gasteiger partial charge on any atom is -0.459 e. The van der Waals surface area contributed by atoms with Crippen LogP contribution in [-0.2, 0) is 13.0 Å². The molecule has 0 amide bonds. The maximum Gasteiger partial charge on any atom is 0.191 e. The number of aromatic nitrogens is 1.